The summed E-state index contributed by atoms with van der Waals surface area (Å²) >= 11 is 12.2. The first-order valence-corrected chi connectivity index (χ1v) is 11.1. The van der Waals surface area contributed by atoms with Crippen LogP contribution in [0.3, 0.4) is 0 Å². The lowest BCUT2D eigenvalue weighted by atomic mass is 10.1. The van der Waals surface area contributed by atoms with Gasteiger partial charge in [0, 0.05) is 23.4 Å². The molecule has 0 bridgehead atoms. The molecule has 0 saturated carbocycles. The first-order chi connectivity index (χ1) is 12.9. The number of nitrogens with zero attached hydrogens (tertiary/aromatic N) is 1. The van der Waals surface area contributed by atoms with Crippen LogP contribution in [0, 0.1) is 0 Å². The second kappa shape index (κ2) is 10.2. The summed E-state index contributed by atoms with van der Waals surface area (Å²) in [4.78, 5) is 4.05. The van der Waals surface area contributed by atoms with Crippen LogP contribution in [0.2, 0.25) is 10.2 Å². The topological polar surface area (TPSA) is 67.3 Å². The van der Waals surface area contributed by atoms with E-state index in [1.54, 1.807) is 36.4 Å². The first-order valence-electron chi connectivity index (χ1n) is 8.73. The molecule has 27 heavy (non-hydrogen) atoms. The molecule has 4 nitrogen and oxygen atoms in total. The molecule has 2 rings (SSSR count). The van der Waals surface area contributed by atoms with E-state index in [0.29, 0.717) is 35.4 Å². The molecule has 0 radical (unpaired) electrons. The van der Waals surface area contributed by atoms with Gasteiger partial charge in [-0.1, -0.05) is 60.3 Å². The highest BCUT2D eigenvalue weighted by atomic mass is 35.5. The number of unbranched alkanes of at least 4 members (excludes halogenated alkanes) is 2. The van der Waals surface area contributed by atoms with Crippen molar-refractivity contribution in [3.63, 3.8) is 0 Å². The van der Waals surface area contributed by atoms with Crippen molar-refractivity contribution in [2.75, 3.05) is 6.61 Å². The monoisotopic (exact) mass is 427 g/mol. The standard InChI is InChI=1S/C20H23Cl2NO3S/c1-2-18(15-9-11-16(21)12-10-15)27(25,26)19(8-4-3-5-14-24)17-7-6-13-23-20(17)22/h2,6-7,9-13,18-19,24H,1,3-5,8,14H2. The van der Waals surface area contributed by atoms with Crippen molar-refractivity contribution < 1.29 is 13.5 Å². The second-order valence-corrected chi connectivity index (χ2v) is 9.29. The van der Waals surface area contributed by atoms with Crippen LogP contribution in [0.1, 0.15) is 47.3 Å². The molecule has 0 saturated heterocycles. The Morgan fingerprint density at radius 1 is 1.11 bits per heavy atom. The molecule has 1 heterocycles. The minimum Gasteiger partial charge on any atom is -0.396 e. The van der Waals surface area contributed by atoms with E-state index in [1.807, 2.05) is 0 Å². The Bertz CT molecular complexity index is 854. The molecule has 7 heteroatoms. The Balaban J connectivity index is 2.42. The van der Waals surface area contributed by atoms with Crippen LogP contribution in [0.4, 0.5) is 0 Å². The zero-order valence-corrected chi connectivity index (χ0v) is 17.2. The van der Waals surface area contributed by atoms with E-state index in [2.05, 4.69) is 11.6 Å². The van der Waals surface area contributed by atoms with Gasteiger partial charge in [0.05, 0.1) is 5.25 Å². The van der Waals surface area contributed by atoms with Gasteiger partial charge >= 0.3 is 0 Å². The van der Waals surface area contributed by atoms with Gasteiger partial charge in [-0.25, -0.2) is 13.4 Å². The van der Waals surface area contributed by atoms with Crippen LogP contribution < -0.4 is 0 Å². The van der Waals surface area contributed by atoms with Crippen LogP contribution in [-0.2, 0) is 9.84 Å². The third-order valence-corrected chi connectivity index (χ3v) is 7.45. The fraction of sp³-hybridized carbons (Fsp3) is 0.350. The second-order valence-electron chi connectivity index (χ2n) is 6.24. The lowest BCUT2D eigenvalue weighted by Crippen LogP contribution is -2.21. The molecule has 146 valence electrons. The van der Waals surface area contributed by atoms with E-state index in [9.17, 15) is 8.42 Å². The Hall–Kier alpha value is -1.40. The lowest BCUT2D eigenvalue weighted by molar-refractivity contribution is 0.282. The molecule has 0 aliphatic carbocycles. The third kappa shape index (κ3) is 5.55. The highest BCUT2D eigenvalue weighted by Gasteiger charge is 2.35. The summed E-state index contributed by atoms with van der Waals surface area (Å²) in [6.07, 6.45) is 5.39. The summed E-state index contributed by atoms with van der Waals surface area (Å²) in [6.45, 7) is 3.83. The number of pyridine rings is 1. The molecule has 0 aliphatic heterocycles. The number of rotatable bonds is 10. The largest absolute Gasteiger partial charge is 0.396 e. The molecule has 0 spiro atoms. The summed E-state index contributed by atoms with van der Waals surface area (Å²) in [5.74, 6) is 0. The molecule has 1 aromatic heterocycles. The molecule has 0 aliphatic rings. The van der Waals surface area contributed by atoms with Crippen molar-refractivity contribution in [3.8, 4) is 0 Å². The smallest absolute Gasteiger partial charge is 0.167 e. The lowest BCUT2D eigenvalue weighted by Gasteiger charge is -2.24. The van der Waals surface area contributed by atoms with Crippen LogP contribution in [0.15, 0.2) is 55.3 Å². The predicted molar refractivity (Wildman–Crippen MR) is 111 cm³/mol. The number of benzene rings is 1. The number of halogens is 2. The number of sulfone groups is 1. The molecular formula is C20H23Cl2NO3S. The maximum Gasteiger partial charge on any atom is 0.167 e. The summed E-state index contributed by atoms with van der Waals surface area (Å²) in [6, 6.07) is 10.1. The van der Waals surface area contributed by atoms with E-state index in [1.165, 1.54) is 12.3 Å². The Morgan fingerprint density at radius 2 is 1.81 bits per heavy atom. The maximum absolute atomic E-state index is 13.5. The highest BCUT2D eigenvalue weighted by molar-refractivity contribution is 7.92. The zero-order chi connectivity index (χ0) is 19.9. The van der Waals surface area contributed by atoms with Gasteiger partial charge < -0.3 is 5.11 Å². The van der Waals surface area contributed by atoms with Gasteiger partial charge in [-0.3, -0.25) is 0 Å². The first kappa shape index (κ1) is 21.9. The number of aliphatic hydroxyl groups excluding tert-OH is 1. The molecule has 0 amide bonds. The summed E-state index contributed by atoms with van der Waals surface area (Å²) < 4.78 is 27.0. The molecule has 1 N–H and O–H groups in total. The number of aromatic nitrogens is 1. The van der Waals surface area contributed by atoms with Gasteiger partial charge in [0.1, 0.15) is 10.4 Å². The van der Waals surface area contributed by atoms with Crippen LogP contribution in [0.25, 0.3) is 0 Å². The number of hydrogen-bond acceptors (Lipinski definition) is 4. The third-order valence-electron chi connectivity index (χ3n) is 4.42. The van der Waals surface area contributed by atoms with Crippen molar-refractivity contribution in [2.45, 2.75) is 36.2 Å². The normalized spacial score (nSPS) is 13.9. The SMILES string of the molecule is C=CC(c1ccc(Cl)cc1)S(=O)(=O)C(CCCCCO)c1cccnc1Cl. The quantitative estimate of drug-likeness (QED) is 0.316. The molecule has 0 fully saturated rings. The van der Waals surface area contributed by atoms with Gasteiger partial charge in [0.2, 0.25) is 0 Å². The van der Waals surface area contributed by atoms with E-state index in [0.717, 1.165) is 6.42 Å². The van der Waals surface area contributed by atoms with Crippen LogP contribution in [-0.4, -0.2) is 25.1 Å². The van der Waals surface area contributed by atoms with Crippen molar-refractivity contribution in [1.29, 1.82) is 0 Å². The van der Waals surface area contributed by atoms with Gasteiger partial charge in [-0.05, 0) is 36.6 Å². The molecule has 1 aromatic carbocycles. The van der Waals surface area contributed by atoms with Crippen molar-refractivity contribution in [3.05, 3.63) is 76.6 Å². The van der Waals surface area contributed by atoms with Gasteiger partial charge in [-0.2, -0.15) is 0 Å². The minimum absolute atomic E-state index is 0.0884. The maximum atomic E-state index is 13.5. The number of aliphatic hydroxyl groups is 1. The van der Waals surface area contributed by atoms with Gasteiger partial charge in [-0.15, -0.1) is 6.58 Å². The van der Waals surface area contributed by atoms with Gasteiger partial charge in [0.15, 0.2) is 9.84 Å². The van der Waals surface area contributed by atoms with Crippen LogP contribution >= 0.6 is 23.2 Å². The Kier molecular flexibility index (Phi) is 8.29. The molecule has 2 aromatic rings. The van der Waals surface area contributed by atoms with E-state index in [-0.39, 0.29) is 11.8 Å². The Morgan fingerprint density at radius 3 is 2.41 bits per heavy atom. The average molecular weight is 428 g/mol. The van der Waals surface area contributed by atoms with E-state index in [4.69, 9.17) is 28.3 Å². The zero-order valence-electron chi connectivity index (χ0n) is 14.9. The van der Waals surface area contributed by atoms with Crippen molar-refractivity contribution in [1.82, 2.24) is 4.98 Å². The van der Waals surface area contributed by atoms with E-state index >= 15 is 0 Å². The summed E-state index contributed by atoms with van der Waals surface area (Å²) in [7, 11) is -3.69. The molecular weight excluding hydrogens is 405 g/mol. The van der Waals surface area contributed by atoms with Crippen molar-refractivity contribution in [2.24, 2.45) is 0 Å². The number of hydrogen-bond donors (Lipinski definition) is 1. The molecule has 2 unspecified atom stereocenters. The summed E-state index contributed by atoms with van der Waals surface area (Å²) in [5, 5.41) is 8.01. The van der Waals surface area contributed by atoms with Crippen molar-refractivity contribution >= 4 is 33.0 Å². The average Bonchev–Trinajstić information content (AvgIpc) is 2.64. The fourth-order valence-electron chi connectivity index (χ4n) is 3.04. The Labute approximate surface area is 170 Å². The van der Waals surface area contributed by atoms with Gasteiger partial charge in [0.25, 0.3) is 0 Å². The van der Waals surface area contributed by atoms with E-state index < -0.39 is 20.3 Å². The predicted octanol–water partition coefficient (Wildman–Crippen LogP) is 5.32. The minimum atomic E-state index is -3.69. The fourth-order valence-corrected chi connectivity index (χ4v) is 5.68. The van der Waals surface area contributed by atoms with Crippen LogP contribution in [0.5, 0.6) is 0 Å². The highest BCUT2D eigenvalue weighted by Crippen LogP contribution is 2.40. The summed E-state index contributed by atoms with van der Waals surface area (Å²) in [5.41, 5.74) is 1.10. The molecule has 2 atom stereocenters.